The first-order valence-corrected chi connectivity index (χ1v) is 6.07. The standard InChI is InChI=1S/C12H13N3OS/c1-8-3-5-17-11(8)7-15-12(16)9-2-4-14-6-10(9)13/h2-6H,7,13H2,1H3,(H,15,16). The summed E-state index contributed by atoms with van der Waals surface area (Å²) in [6, 6.07) is 3.65. The van der Waals surface area contributed by atoms with E-state index in [9.17, 15) is 4.79 Å². The third-order valence-electron chi connectivity index (χ3n) is 2.47. The lowest BCUT2D eigenvalue weighted by atomic mass is 10.2. The molecule has 2 rings (SSSR count). The Morgan fingerprint density at radius 2 is 2.35 bits per heavy atom. The second-order valence-electron chi connectivity index (χ2n) is 3.67. The second kappa shape index (κ2) is 4.97. The Kier molecular flexibility index (Phi) is 3.39. The van der Waals surface area contributed by atoms with Gasteiger partial charge in [0, 0.05) is 11.1 Å². The van der Waals surface area contributed by atoms with Gasteiger partial charge in [0.15, 0.2) is 0 Å². The highest BCUT2D eigenvalue weighted by Gasteiger charge is 2.09. The zero-order valence-corrected chi connectivity index (χ0v) is 10.3. The second-order valence-corrected chi connectivity index (χ2v) is 4.67. The summed E-state index contributed by atoms with van der Waals surface area (Å²) >= 11 is 1.63. The minimum Gasteiger partial charge on any atom is -0.397 e. The molecule has 0 bridgehead atoms. The summed E-state index contributed by atoms with van der Waals surface area (Å²) in [6.45, 7) is 2.56. The molecule has 5 heteroatoms. The summed E-state index contributed by atoms with van der Waals surface area (Å²) in [5.41, 5.74) is 7.74. The van der Waals surface area contributed by atoms with E-state index in [0.717, 1.165) is 4.88 Å². The first-order chi connectivity index (χ1) is 8.18. The number of thiophene rings is 1. The molecule has 4 nitrogen and oxygen atoms in total. The topological polar surface area (TPSA) is 68.0 Å². The molecule has 0 spiro atoms. The molecule has 2 heterocycles. The van der Waals surface area contributed by atoms with Gasteiger partial charge in [-0.05, 0) is 30.0 Å². The highest BCUT2D eigenvalue weighted by atomic mass is 32.1. The molecule has 3 N–H and O–H groups in total. The highest BCUT2D eigenvalue weighted by molar-refractivity contribution is 7.10. The maximum atomic E-state index is 11.9. The summed E-state index contributed by atoms with van der Waals surface area (Å²) in [5, 5.41) is 4.86. The number of nitrogens with zero attached hydrogens (tertiary/aromatic N) is 1. The van der Waals surface area contributed by atoms with Crippen LogP contribution in [0.4, 0.5) is 5.69 Å². The van der Waals surface area contributed by atoms with Crippen LogP contribution in [-0.4, -0.2) is 10.9 Å². The first-order valence-electron chi connectivity index (χ1n) is 5.19. The van der Waals surface area contributed by atoms with Gasteiger partial charge in [-0.15, -0.1) is 11.3 Å². The van der Waals surface area contributed by atoms with E-state index in [1.807, 2.05) is 18.4 Å². The number of aryl methyl sites for hydroxylation is 1. The van der Waals surface area contributed by atoms with Crippen LogP contribution in [0.1, 0.15) is 20.8 Å². The summed E-state index contributed by atoms with van der Waals surface area (Å²) in [6.07, 6.45) is 3.03. The molecule has 2 aromatic rings. The number of aromatic nitrogens is 1. The fourth-order valence-electron chi connectivity index (χ4n) is 1.45. The molecular formula is C12H13N3OS. The van der Waals surface area contributed by atoms with Crippen molar-refractivity contribution >= 4 is 22.9 Å². The molecule has 0 aromatic carbocycles. The van der Waals surface area contributed by atoms with Gasteiger partial charge in [0.1, 0.15) is 0 Å². The number of nitrogens with one attached hydrogen (secondary N) is 1. The fraction of sp³-hybridized carbons (Fsp3) is 0.167. The van der Waals surface area contributed by atoms with Gasteiger partial charge in [0.2, 0.25) is 0 Å². The van der Waals surface area contributed by atoms with Crippen LogP contribution in [0.25, 0.3) is 0 Å². The summed E-state index contributed by atoms with van der Waals surface area (Å²) in [4.78, 5) is 16.9. The molecule has 1 amide bonds. The Labute approximate surface area is 103 Å². The van der Waals surface area contributed by atoms with Crippen LogP contribution < -0.4 is 11.1 Å². The van der Waals surface area contributed by atoms with E-state index >= 15 is 0 Å². The van der Waals surface area contributed by atoms with Crippen molar-refractivity contribution in [2.75, 3.05) is 5.73 Å². The van der Waals surface area contributed by atoms with Crippen molar-refractivity contribution in [3.63, 3.8) is 0 Å². The van der Waals surface area contributed by atoms with Crippen LogP contribution in [0.2, 0.25) is 0 Å². The van der Waals surface area contributed by atoms with E-state index in [4.69, 9.17) is 5.73 Å². The molecule has 0 aliphatic carbocycles. The fourth-order valence-corrected chi connectivity index (χ4v) is 2.30. The number of pyridine rings is 1. The number of carbonyl (C=O) groups is 1. The minimum atomic E-state index is -0.169. The first kappa shape index (κ1) is 11.6. The normalized spacial score (nSPS) is 10.2. The number of nitrogen functional groups attached to an aromatic ring is 1. The largest absolute Gasteiger partial charge is 0.397 e. The number of hydrogen-bond acceptors (Lipinski definition) is 4. The molecule has 0 fully saturated rings. The smallest absolute Gasteiger partial charge is 0.253 e. The molecule has 0 aliphatic rings. The average Bonchev–Trinajstić information content (AvgIpc) is 2.72. The lowest BCUT2D eigenvalue weighted by Gasteiger charge is -2.06. The van der Waals surface area contributed by atoms with Crippen LogP contribution in [0, 0.1) is 6.92 Å². The summed E-state index contributed by atoms with van der Waals surface area (Å²) in [5.74, 6) is -0.169. The van der Waals surface area contributed by atoms with Crippen LogP contribution >= 0.6 is 11.3 Å². The van der Waals surface area contributed by atoms with E-state index in [0.29, 0.717) is 17.8 Å². The van der Waals surface area contributed by atoms with Gasteiger partial charge in [0.05, 0.1) is 24.0 Å². The predicted molar refractivity (Wildman–Crippen MR) is 68.9 cm³/mol. The van der Waals surface area contributed by atoms with Crippen molar-refractivity contribution in [1.29, 1.82) is 0 Å². The lowest BCUT2D eigenvalue weighted by Crippen LogP contribution is -2.23. The zero-order chi connectivity index (χ0) is 12.3. The van der Waals surface area contributed by atoms with Crippen molar-refractivity contribution in [3.05, 3.63) is 45.9 Å². The summed E-state index contributed by atoms with van der Waals surface area (Å²) in [7, 11) is 0. The molecule has 17 heavy (non-hydrogen) atoms. The number of anilines is 1. The molecule has 0 atom stereocenters. The quantitative estimate of drug-likeness (QED) is 0.871. The van der Waals surface area contributed by atoms with E-state index in [2.05, 4.69) is 10.3 Å². The monoisotopic (exact) mass is 247 g/mol. The van der Waals surface area contributed by atoms with Gasteiger partial charge in [-0.25, -0.2) is 0 Å². The van der Waals surface area contributed by atoms with Crippen molar-refractivity contribution in [3.8, 4) is 0 Å². The molecule has 88 valence electrons. The van der Waals surface area contributed by atoms with Crippen molar-refractivity contribution < 1.29 is 4.79 Å². The van der Waals surface area contributed by atoms with E-state index in [-0.39, 0.29) is 5.91 Å². The van der Waals surface area contributed by atoms with Crippen molar-refractivity contribution in [1.82, 2.24) is 10.3 Å². The minimum absolute atomic E-state index is 0.169. The van der Waals surface area contributed by atoms with Crippen LogP contribution in [0.15, 0.2) is 29.9 Å². The van der Waals surface area contributed by atoms with Crippen LogP contribution in [-0.2, 0) is 6.54 Å². The number of carbonyl (C=O) groups excluding carboxylic acids is 1. The number of rotatable bonds is 3. The number of hydrogen-bond donors (Lipinski definition) is 2. The molecule has 0 saturated heterocycles. The van der Waals surface area contributed by atoms with Crippen molar-refractivity contribution in [2.24, 2.45) is 0 Å². The molecule has 2 aromatic heterocycles. The Hall–Kier alpha value is -1.88. The van der Waals surface area contributed by atoms with Crippen LogP contribution in [0.3, 0.4) is 0 Å². The number of nitrogens with two attached hydrogens (primary N) is 1. The predicted octanol–water partition coefficient (Wildman–Crippen LogP) is 1.96. The van der Waals surface area contributed by atoms with E-state index in [1.165, 1.54) is 11.8 Å². The van der Waals surface area contributed by atoms with Crippen molar-refractivity contribution in [2.45, 2.75) is 13.5 Å². The zero-order valence-electron chi connectivity index (χ0n) is 9.43. The van der Waals surface area contributed by atoms with Gasteiger partial charge in [0.25, 0.3) is 5.91 Å². The Morgan fingerprint density at radius 1 is 1.53 bits per heavy atom. The maximum Gasteiger partial charge on any atom is 0.253 e. The highest BCUT2D eigenvalue weighted by Crippen LogP contribution is 2.15. The maximum absolute atomic E-state index is 11.9. The third-order valence-corrected chi connectivity index (χ3v) is 3.50. The Morgan fingerprint density at radius 3 is 3.00 bits per heavy atom. The molecular weight excluding hydrogens is 234 g/mol. The number of amides is 1. The van der Waals surface area contributed by atoms with E-state index < -0.39 is 0 Å². The Bertz CT molecular complexity index is 536. The Balaban J connectivity index is 2.04. The SMILES string of the molecule is Cc1ccsc1CNC(=O)c1ccncc1N. The summed E-state index contributed by atoms with van der Waals surface area (Å²) < 4.78 is 0. The molecule has 0 radical (unpaired) electrons. The van der Waals surface area contributed by atoms with Gasteiger partial charge in [-0.2, -0.15) is 0 Å². The molecule has 0 saturated carbocycles. The average molecular weight is 247 g/mol. The van der Waals surface area contributed by atoms with E-state index in [1.54, 1.807) is 23.6 Å². The lowest BCUT2D eigenvalue weighted by molar-refractivity contribution is 0.0952. The van der Waals surface area contributed by atoms with Gasteiger partial charge >= 0.3 is 0 Å². The molecule has 0 unspecified atom stereocenters. The molecule has 0 aliphatic heterocycles. The third kappa shape index (κ3) is 2.62. The van der Waals surface area contributed by atoms with Gasteiger partial charge < -0.3 is 11.1 Å². The van der Waals surface area contributed by atoms with Gasteiger partial charge in [-0.3, -0.25) is 9.78 Å². The van der Waals surface area contributed by atoms with Crippen LogP contribution in [0.5, 0.6) is 0 Å². The van der Waals surface area contributed by atoms with Gasteiger partial charge in [-0.1, -0.05) is 0 Å².